The fraction of sp³-hybridized carbons (Fsp3) is 0. The highest BCUT2D eigenvalue weighted by Gasteiger charge is 2.09. The van der Waals surface area contributed by atoms with Crippen molar-refractivity contribution in [2.24, 2.45) is 0 Å². The van der Waals surface area contributed by atoms with E-state index in [2.05, 4.69) is 84.9 Å². The monoisotopic (exact) mass is 279 g/mol. The summed E-state index contributed by atoms with van der Waals surface area (Å²) < 4.78 is 0. The molecule has 0 amide bonds. The molecule has 0 aliphatic rings. The van der Waals surface area contributed by atoms with Crippen LogP contribution in [0.15, 0.2) is 91.0 Å². The Hall–Kier alpha value is -2.86. The van der Waals surface area contributed by atoms with Crippen molar-refractivity contribution < 1.29 is 0 Å². The van der Waals surface area contributed by atoms with Crippen LogP contribution in [0.5, 0.6) is 0 Å². The summed E-state index contributed by atoms with van der Waals surface area (Å²) in [4.78, 5) is 0. The average molecular weight is 279 g/mol. The second-order valence-corrected chi connectivity index (χ2v) is 5.35. The first-order valence-electron chi connectivity index (χ1n) is 7.48. The summed E-state index contributed by atoms with van der Waals surface area (Å²) in [6.07, 6.45) is 0. The minimum atomic E-state index is 1.13. The predicted molar refractivity (Wildman–Crippen MR) is 93.7 cm³/mol. The van der Waals surface area contributed by atoms with Gasteiger partial charge in [-0.3, -0.25) is 0 Å². The topological polar surface area (TPSA) is 0 Å². The van der Waals surface area contributed by atoms with E-state index in [9.17, 15) is 0 Å². The summed E-state index contributed by atoms with van der Waals surface area (Å²) in [5.74, 6) is 0. The van der Waals surface area contributed by atoms with E-state index in [0.717, 1.165) is 5.56 Å². The van der Waals surface area contributed by atoms with Crippen LogP contribution >= 0.6 is 0 Å². The van der Waals surface area contributed by atoms with Gasteiger partial charge in [-0.25, -0.2) is 0 Å². The number of rotatable bonds is 2. The van der Waals surface area contributed by atoms with Crippen molar-refractivity contribution in [3.8, 4) is 22.3 Å². The SMILES string of the molecule is [c]1ccccc1-c1ccccc1-c1cccc2ccccc12. The lowest BCUT2D eigenvalue weighted by Crippen LogP contribution is -1.86. The number of benzene rings is 4. The molecule has 0 saturated heterocycles. The summed E-state index contributed by atoms with van der Waals surface area (Å²) in [6.45, 7) is 0. The molecule has 0 bridgehead atoms. The molecular formula is C22H15. The van der Waals surface area contributed by atoms with Gasteiger partial charge in [0.2, 0.25) is 0 Å². The van der Waals surface area contributed by atoms with Crippen molar-refractivity contribution in [1.82, 2.24) is 0 Å². The van der Waals surface area contributed by atoms with Crippen LogP contribution < -0.4 is 0 Å². The first kappa shape index (κ1) is 12.8. The Balaban J connectivity index is 2.01. The molecule has 4 rings (SSSR count). The number of fused-ring (bicyclic) bond motifs is 1. The van der Waals surface area contributed by atoms with Crippen molar-refractivity contribution in [2.45, 2.75) is 0 Å². The molecule has 0 saturated carbocycles. The maximum absolute atomic E-state index is 3.34. The largest absolute Gasteiger partial charge is 0.0616 e. The molecule has 0 aromatic heterocycles. The van der Waals surface area contributed by atoms with Gasteiger partial charge in [-0.1, -0.05) is 91.0 Å². The molecule has 22 heavy (non-hydrogen) atoms. The smallest absolute Gasteiger partial charge is 0.00990 e. The van der Waals surface area contributed by atoms with Gasteiger partial charge in [0, 0.05) is 0 Å². The molecule has 0 aliphatic heterocycles. The number of hydrogen-bond acceptors (Lipinski definition) is 0. The standard InChI is InChI=1S/C22H15/c1-2-9-17(10-3-1)19-14-6-7-15-21(19)22-16-8-12-18-11-4-5-13-20(18)22/h1-9,11-16H. The quantitative estimate of drug-likeness (QED) is 0.424. The Bertz CT molecular complexity index is 915. The van der Waals surface area contributed by atoms with E-state index in [1.54, 1.807) is 0 Å². The van der Waals surface area contributed by atoms with E-state index < -0.39 is 0 Å². The zero-order valence-electron chi connectivity index (χ0n) is 12.2. The van der Waals surface area contributed by atoms with Crippen molar-refractivity contribution in [1.29, 1.82) is 0 Å². The molecule has 0 N–H and O–H groups in total. The fourth-order valence-corrected chi connectivity index (χ4v) is 2.97. The fourth-order valence-electron chi connectivity index (χ4n) is 2.97. The van der Waals surface area contributed by atoms with E-state index >= 15 is 0 Å². The van der Waals surface area contributed by atoms with E-state index in [0.29, 0.717) is 0 Å². The second kappa shape index (κ2) is 5.50. The van der Waals surface area contributed by atoms with Crippen LogP contribution in [0.3, 0.4) is 0 Å². The minimum Gasteiger partial charge on any atom is -0.0616 e. The van der Waals surface area contributed by atoms with Crippen LogP contribution in [0, 0.1) is 6.07 Å². The van der Waals surface area contributed by atoms with E-state index in [1.165, 1.54) is 27.5 Å². The third-order valence-electron chi connectivity index (χ3n) is 4.01. The van der Waals surface area contributed by atoms with Gasteiger partial charge in [0.15, 0.2) is 0 Å². The van der Waals surface area contributed by atoms with Crippen molar-refractivity contribution in [3.05, 3.63) is 97.1 Å². The predicted octanol–water partition coefficient (Wildman–Crippen LogP) is 5.97. The summed E-state index contributed by atoms with van der Waals surface area (Å²) >= 11 is 0. The lowest BCUT2D eigenvalue weighted by Gasteiger charge is -2.12. The van der Waals surface area contributed by atoms with Gasteiger partial charge in [-0.2, -0.15) is 0 Å². The Morgan fingerprint density at radius 1 is 0.500 bits per heavy atom. The molecule has 0 unspecified atom stereocenters. The number of hydrogen-bond donors (Lipinski definition) is 0. The van der Waals surface area contributed by atoms with Crippen molar-refractivity contribution in [3.63, 3.8) is 0 Å². The van der Waals surface area contributed by atoms with E-state index in [1.807, 2.05) is 12.1 Å². The first-order chi connectivity index (χ1) is 10.9. The molecule has 0 heteroatoms. The molecule has 0 atom stereocenters. The highest BCUT2D eigenvalue weighted by molar-refractivity contribution is 6.00. The Morgan fingerprint density at radius 2 is 1.18 bits per heavy atom. The van der Waals surface area contributed by atoms with Gasteiger partial charge < -0.3 is 0 Å². The normalized spacial score (nSPS) is 10.7. The molecular weight excluding hydrogens is 264 g/mol. The van der Waals surface area contributed by atoms with Crippen molar-refractivity contribution >= 4 is 10.8 Å². The van der Waals surface area contributed by atoms with Crippen LogP contribution in [-0.2, 0) is 0 Å². The molecule has 1 radical (unpaired) electrons. The molecule has 4 aromatic rings. The lowest BCUT2D eigenvalue weighted by atomic mass is 9.91. The van der Waals surface area contributed by atoms with Crippen molar-refractivity contribution in [2.75, 3.05) is 0 Å². The Kier molecular flexibility index (Phi) is 3.21. The van der Waals surface area contributed by atoms with E-state index in [4.69, 9.17) is 0 Å². The lowest BCUT2D eigenvalue weighted by molar-refractivity contribution is 1.59. The van der Waals surface area contributed by atoms with Crippen LogP contribution in [0.4, 0.5) is 0 Å². The van der Waals surface area contributed by atoms with E-state index in [-0.39, 0.29) is 0 Å². The third-order valence-corrected chi connectivity index (χ3v) is 4.01. The van der Waals surface area contributed by atoms with Crippen LogP contribution in [-0.4, -0.2) is 0 Å². The molecule has 0 aliphatic carbocycles. The summed E-state index contributed by atoms with van der Waals surface area (Å²) in [7, 11) is 0. The zero-order chi connectivity index (χ0) is 14.8. The molecule has 0 spiro atoms. The molecule has 0 heterocycles. The maximum Gasteiger partial charge on any atom is -0.00990 e. The Labute approximate surface area is 130 Å². The van der Waals surface area contributed by atoms with Gasteiger partial charge in [-0.05, 0) is 39.1 Å². The van der Waals surface area contributed by atoms with Gasteiger partial charge >= 0.3 is 0 Å². The molecule has 103 valence electrons. The summed E-state index contributed by atoms with van der Waals surface area (Å²) in [6, 6.07) is 35.1. The molecule has 0 nitrogen and oxygen atoms in total. The van der Waals surface area contributed by atoms with Gasteiger partial charge in [0.1, 0.15) is 0 Å². The third kappa shape index (κ3) is 2.19. The van der Waals surface area contributed by atoms with Crippen LogP contribution in [0.2, 0.25) is 0 Å². The maximum atomic E-state index is 3.34. The second-order valence-electron chi connectivity index (χ2n) is 5.35. The van der Waals surface area contributed by atoms with Crippen LogP contribution in [0.1, 0.15) is 0 Å². The van der Waals surface area contributed by atoms with Crippen LogP contribution in [0.25, 0.3) is 33.0 Å². The van der Waals surface area contributed by atoms with Gasteiger partial charge in [0.25, 0.3) is 0 Å². The summed E-state index contributed by atoms with van der Waals surface area (Å²) in [5.41, 5.74) is 4.87. The minimum absolute atomic E-state index is 1.13. The first-order valence-corrected chi connectivity index (χ1v) is 7.48. The highest BCUT2D eigenvalue weighted by Crippen LogP contribution is 2.35. The van der Waals surface area contributed by atoms with Gasteiger partial charge in [-0.15, -0.1) is 0 Å². The zero-order valence-corrected chi connectivity index (χ0v) is 12.2. The highest BCUT2D eigenvalue weighted by atomic mass is 14.1. The average Bonchev–Trinajstić information content (AvgIpc) is 2.62. The molecule has 0 fully saturated rings. The van der Waals surface area contributed by atoms with Gasteiger partial charge in [0.05, 0.1) is 0 Å². The summed E-state index contributed by atoms with van der Waals surface area (Å²) in [5, 5.41) is 2.56. The Morgan fingerprint density at radius 3 is 2.05 bits per heavy atom. The molecule has 4 aromatic carbocycles.